The van der Waals surface area contributed by atoms with Crippen LogP contribution in [0.2, 0.25) is 0 Å². The lowest BCUT2D eigenvalue weighted by Crippen LogP contribution is -1.93. The first-order valence-corrected chi connectivity index (χ1v) is 3.91. The molecule has 1 rings (SSSR count). The lowest BCUT2D eigenvalue weighted by atomic mass is 10.1. The molecule has 1 unspecified atom stereocenters. The van der Waals surface area contributed by atoms with E-state index in [0.29, 0.717) is 11.1 Å². The second-order valence-electron chi connectivity index (χ2n) is 2.76. The Labute approximate surface area is 80.5 Å². The van der Waals surface area contributed by atoms with Crippen LogP contribution in [0.4, 0.5) is 4.39 Å². The van der Waals surface area contributed by atoms with E-state index < -0.39 is 11.9 Å². The van der Waals surface area contributed by atoms with E-state index in [1.165, 1.54) is 18.2 Å². The molecule has 14 heavy (non-hydrogen) atoms. The molecule has 0 radical (unpaired) electrons. The monoisotopic (exact) mass is 190 g/mol. The van der Waals surface area contributed by atoms with E-state index in [2.05, 4.69) is 4.99 Å². The average Bonchev–Trinajstić information content (AvgIpc) is 2.19. The summed E-state index contributed by atoms with van der Waals surface area (Å²) in [5, 5.41) is 8.63. The minimum Gasteiger partial charge on any atom is -0.211 e. The zero-order chi connectivity index (χ0) is 10.6. The molecule has 0 heterocycles. The Balaban J connectivity index is 3.13. The molecule has 0 aliphatic carbocycles. The number of isocyanates is 1. The minimum atomic E-state index is -0.970. The summed E-state index contributed by atoms with van der Waals surface area (Å²) >= 11 is 0. The van der Waals surface area contributed by atoms with Crippen molar-refractivity contribution in [1.82, 2.24) is 0 Å². The lowest BCUT2D eigenvalue weighted by Gasteiger charge is -2.03. The first-order valence-electron chi connectivity index (χ1n) is 3.91. The Morgan fingerprint density at radius 2 is 2.29 bits per heavy atom. The lowest BCUT2D eigenvalue weighted by molar-refractivity contribution is 0.561. The van der Waals surface area contributed by atoms with Crippen molar-refractivity contribution < 1.29 is 9.18 Å². The quantitative estimate of drug-likeness (QED) is 0.529. The Morgan fingerprint density at radius 3 is 2.79 bits per heavy atom. The number of hydrogen-bond donors (Lipinski definition) is 0. The molecular weight excluding hydrogens is 183 g/mol. The first kappa shape index (κ1) is 10.1. The van der Waals surface area contributed by atoms with Crippen molar-refractivity contribution in [2.45, 2.75) is 13.0 Å². The van der Waals surface area contributed by atoms with E-state index in [1.54, 1.807) is 19.1 Å². The maximum atomic E-state index is 13.1. The van der Waals surface area contributed by atoms with Gasteiger partial charge in [0.25, 0.3) is 0 Å². The zero-order valence-electron chi connectivity index (χ0n) is 7.49. The number of rotatable bonds is 2. The minimum absolute atomic E-state index is 0.360. The third kappa shape index (κ3) is 2.03. The van der Waals surface area contributed by atoms with Gasteiger partial charge in [-0.15, -0.1) is 0 Å². The van der Waals surface area contributed by atoms with Crippen LogP contribution in [0, 0.1) is 24.1 Å². The maximum absolute atomic E-state index is 13.1. The van der Waals surface area contributed by atoms with E-state index >= 15 is 0 Å². The fourth-order valence-corrected chi connectivity index (χ4v) is 1.01. The highest BCUT2D eigenvalue weighted by Gasteiger charge is 2.10. The van der Waals surface area contributed by atoms with Gasteiger partial charge in [0.2, 0.25) is 6.08 Å². The second-order valence-corrected chi connectivity index (χ2v) is 2.76. The molecule has 4 heteroatoms. The number of benzene rings is 1. The van der Waals surface area contributed by atoms with Gasteiger partial charge in [0.1, 0.15) is 5.82 Å². The molecule has 70 valence electrons. The molecule has 1 aromatic rings. The predicted octanol–water partition coefficient (Wildman–Crippen LogP) is 2.03. The largest absolute Gasteiger partial charge is 0.236 e. The second kappa shape index (κ2) is 4.31. The van der Waals surface area contributed by atoms with Crippen molar-refractivity contribution in [3.8, 4) is 6.07 Å². The van der Waals surface area contributed by atoms with Gasteiger partial charge >= 0.3 is 0 Å². The molecule has 1 atom stereocenters. The highest BCUT2D eigenvalue weighted by Crippen LogP contribution is 2.18. The van der Waals surface area contributed by atoms with Crippen molar-refractivity contribution >= 4 is 6.08 Å². The Bertz CT molecular complexity index is 430. The third-order valence-corrected chi connectivity index (χ3v) is 1.82. The average molecular weight is 190 g/mol. The number of carbonyl (C=O) groups excluding carboxylic acids is 1. The summed E-state index contributed by atoms with van der Waals surface area (Å²) in [6.45, 7) is 1.61. The molecule has 0 aromatic heterocycles. The highest BCUT2D eigenvalue weighted by molar-refractivity contribution is 5.38. The summed E-state index contributed by atoms with van der Waals surface area (Å²) in [7, 11) is 0. The number of aryl methyl sites for hydroxylation is 1. The smallest absolute Gasteiger partial charge is 0.211 e. The van der Waals surface area contributed by atoms with Crippen LogP contribution >= 0.6 is 0 Å². The van der Waals surface area contributed by atoms with Crippen molar-refractivity contribution in [3.05, 3.63) is 35.1 Å². The van der Waals surface area contributed by atoms with Gasteiger partial charge in [0.15, 0.2) is 6.04 Å². The predicted molar refractivity (Wildman–Crippen MR) is 47.6 cm³/mol. The van der Waals surface area contributed by atoms with Gasteiger partial charge in [-0.3, -0.25) is 0 Å². The van der Waals surface area contributed by atoms with Gasteiger partial charge in [-0.05, 0) is 24.1 Å². The standard InChI is InChI=1S/C10H7FN2O/c1-7-2-3-8(4-9(7)11)10(5-12)13-6-14/h2-4,10H,1H3. The van der Waals surface area contributed by atoms with Crippen molar-refractivity contribution in [2.75, 3.05) is 0 Å². The van der Waals surface area contributed by atoms with Crippen LogP contribution in [-0.2, 0) is 4.79 Å². The van der Waals surface area contributed by atoms with Gasteiger partial charge in [-0.2, -0.15) is 10.3 Å². The molecular formula is C10H7FN2O. The van der Waals surface area contributed by atoms with Gasteiger partial charge in [-0.1, -0.05) is 12.1 Å². The van der Waals surface area contributed by atoms with Crippen LogP contribution in [0.25, 0.3) is 0 Å². The van der Waals surface area contributed by atoms with Gasteiger partial charge < -0.3 is 0 Å². The van der Waals surface area contributed by atoms with Crippen LogP contribution in [0.1, 0.15) is 17.2 Å². The molecule has 0 bridgehead atoms. The molecule has 1 aromatic carbocycles. The van der Waals surface area contributed by atoms with Gasteiger partial charge in [0.05, 0.1) is 6.07 Å². The fourth-order valence-electron chi connectivity index (χ4n) is 1.01. The van der Waals surface area contributed by atoms with E-state index in [9.17, 15) is 9.18 Å². The van der Waals surface area contributed by atoms with E-state index in [-0.39, 0.29) is 0 Å². The summed E-state index contributed by atoms with van der Waals surface area (Å²) in [6, 6.07) is 5.10. The van der Waals surface area contributed by atoms with Crippen molar-refractivity contribution in [1.29, 1.82) is 5.26 Å². The van der Waals surface area contributed by atoms with Crippen LogP contribution in [0.15, 0.2) is 23.2 Å². The molecule has 0 amide bonds. The van der Waals surface area contributed by atoms with Gasteiger partial charge in [0, 0.05) is 0 Å². The highest BCUT2D eigenvalue weighted by atomic mass is 19.1. The SMILES string of the molecule is Cc1ccc(C(C#N)N=C=O)cc1F. The molecule has 0 aliphatic heterocycles. The topological polar surface area (TPSA) is 53.2 Å². The van der Waals surface area contributed by atoms with Crippen LogP contribution in [0.3, 0.4) is 0 Å². The van der Waals surface area contributed by atoms with Gasteiger partial charge in [-0.25, -0.2) is 9.18 Å². The molecule has 0 fully saturated rings. The maximum Gasteiger partial charge on any atom is 0.236 e. The van der Waals surface area contributed by atoms with Crippen molar-refractivity contribution in [3.63, 3.8) is 0 Å². The Kier molecular flexibility index (Phi) is 3.11. The molecule has 0 aliphatic rings. The van der Waals surface area contributed by atoms with Crippen LogP contribution in [-0.4, -0.2) is 6.08 Å². The number of nitriles is 1. The summed E-state index contributed by atoms with van der Waals surface area (Å²) in [5.41, 5.74) is 0.847. The van der Waals surface area contributed by atoms with E-state index in [4.69, 9.17) is 5.26 Å². The summed E-state index contributed by atoms with van der Waals surface area (Å²) in [4.78, 5) is 13.2. The molecule has 0 spiro atoms. The first-order chi connectivity index (χ1) is 6.69. The van der Waals surface area contributed by atoms with Crippen LogP contribution < -0.4 is 0 Å². The van der Waals surface area contributed by atoms with E-state index in [1.807, 2.05) is 0 Å². The Morgan fingerprint density at radius 1 is 1.57 bits per heavy atom. The normalized spacial score (nSPS) is 11.2. The third-order valence-electron chi connectivity index (χ3n) is 1.82. The summed E-state index contributed by atoms with van der Waals surface area (Å²) in [5.74, 6) is -0.413. The van der Waals surface area contributed by atoms with E-state index in [0.717, 1.165) is 0 Å². The molecule has 3 nitrogen and oxygen atoms in total. The number of aliphatic imine (C=N–C) groups is 1. The fraction of sp³-hybridized carbons (Fsp3) is 0.200. The summed E-state index contributed by atoms with van der Waals surface area (Å²) in [6.07, 6.45) is 1.28. The Hall–Kier alpha value is -1.98. The molecule has 0 N–H and O–H groups in total. The van der Waals surface area contributed by atoms with Crippen molar-refractivity contribution in [2.24, 2.45) is 4.99 Å². The molecule has 0 saturated carbocycles. The number of nitrogens with zero attached hydrogens (tertiary/aromatic N) is 2. The number of hydrogen-bond acceptors (Lipinski definition) is 3. The molecule has 0 saturated heterocycles. The van der Waals surface area contributed by atoms with Crippen LogP contribution in [0.5, 0.6) is 0 Å². The number of halogens is 1. The summed E-state index contributed by atoms with van der Waals surface area (Å²) < 4.78 is 13.1. The zero-order valence-corrected chi connectivity index (χ0v) is 7.49.